The monoisotopic (exact) mass is 176 g/mol. The van der Waals surface area contributed by atoms with Gasteiger partial charge in [-0.05, 0) is 18.9 Å². The van der Waals surface area contributed by atoms with Crippen LogP contribution in [0.25, 0.3) is 6.08 Å². The Morgan fingerprint density at radius 1 is 1.38 bits per heavy atom. The van der Waals surface area contributed by atoms with Crippen LogP contribution in [-0.4, -0.2) is 9.97 Å². The number of rotatable bonds is 0. The van der Waals surface area contributed by atoms with Gasteiger partial charge in [-0.1, -0.05) is 26.8 Å². The first-order valence-corrected chi connectivity index (χ1v) is 4.83. The van der Waals surface area contributed by atoms with Crippen molar-refractivity contribution >= 4 is 6.08 Å². The van der Waals surface area contributed by atoms with Crippen LogP contribution in [0.3, 0.4) is 0 Å². The SMILES string of the molecule is CC(C)(C)c1nc2c([nH]1)CCC=C2. The molecule has 0 saturated heterocycles. The summed E-state index contributed by atoms with van der Waals surface area (Å²) < 4.78 is 0. The summed E-state index contributed by atoms with van der Waals surface area (Å²) in [5.74, 6) is 1.10. The Bertz CT molecular complexity index is 339. The Morgan fingerprint density at radius 2 is 2.15 bits per heavy atom. The largest absolute Gasteiger partial charge is 0.345 e. The van der Waals surface area contributed by atoms with Gasteiger partial charge < -0.3 is 4.98 Å². The van der Waals surface area contributed by atoms with E-state index in [9.17, 15) is 0 Å². The summed E-state index contributed by atoms with van der Waals surface area (Å²) in [4.78, 5) is 7.99. The zero-order chi connectivity index (χ0) is 9.47. The molecule has 0 fully saturated rings. The van der Waals surface area contributed by atoms with Crippen LogP contribution >= 0.6 is 0 Å². The summed E-state index contributed by atoms with van der Waals surface area (Å²) in [6, 6.07) is 0. The number of aryl methyl sites for hydroxylation is 1. The van der Waals surface area contributed by atoms with E-state index in [1.54, 1.807) is 0 Å². The van der Waals surface area contributed by atoms with E-state index in [2.05, 4.69) is 42.9 Å². The van der Waals surface area contributed by atoms with Crippen molar-refractivity contribution in [1.29, 1.82) is 0 Å². The second-order valence-corrected chi connectivity index (χ2v) is 4.64. The van der Waals surface area contributed by atoms with Crippen molar-refractivity contribution in [2.75, 3.05) is 0 Å². The van der Waals surface area contributed by atoms with Gasteiger partial charge in [-0.3, -0.25) is 0 Å². The Kier molecular flexibility index (Phi) is 1.79. The number of aromatic nitrogens is 2. The first-order valence-electron chi connectivity index (χ1n) is 4.83. The average Bonchev–Trinajstić information content (AvgIpc) is 2.45. The molecule has 0 unspecified atom stereocenters. The molecule has 0 aromatic carbocycles. The topological polar surface area (TPSA) is 28.7 Å². The molecule has 2 rings (SSSR count). The van der Waals surface area contributed by atoms with Gasteiger partial charge in [0.25, 0.3) is 0 Å². The number of H-pyrrole nitrogens is 1. The van der Waals surface area contributed by atoms with Crippen LogP contribution in [0, 0.1) is 0 Å². The highest BCUT2D eigenvalue weighted by molar-refractivity contribution is 5.50. The van der Waals surface area contributed by atoms with Crippen LogP contribution in [0.5, 0.6) is 0 Å². The summed E-state index contributed by atoms with van der Waals surface area (Å²) in [6.45, 7) is 6.54. The normalized spacial score (nSPS) is 15.9. The highest BCUT2D eigenvalue weighted by Crippen LogP contribution is 2.23. The van der Waals surface area contributed by atoms with Gasteiger partial charge in [-0.15, -0.1) is 0 Å². The third-order valence-corrected chi connectivity index (χ3v) is 2.36. The number of fused-ring (bicyclic) bond motifs is 1. The molecule has 0 bridgehead atoms. The van der Waals surface area contributed by atoms with Crippen LogP contribution in [0.15, 0.2) is 6.08 Å². The number of nitrogens with one attached hydrogen (secondary N) is 1. The summed E-state index contributed by atoms with van der Waals surface area (Å²) in [7, 11) is 0. The summed E-state index contributed by atoms with van der Waals surface area (Å²) >= 11 is 0. The van der Waals surface area contributed by atoms with Crippen molar-refractivity contribution in [3.05, 3.63) is 23.3 Å². The predicted octanol–water partition coefficient (Wildman–Crippen LogP) is 2.67. The van der Waals surface area contributed by atoms with E-state index in [1.807, 2.05) is 0 Å². The second kappa shape index (κ2) is 2.72. The van der Waals surface area contributed by atoms with Crippen LogP contribution in [0.1, 0.15) is 44.4 Å². The molecular formula is C11H16N2. The molecule has 2 nitrogen and oxygen atoms in total. The average molecular weight is 176 g/mol. The van der Waals surface area contributed by atoms with E-state index < -0.39 is 0 Å². The van der Waals surface area contributed by atoms with E-state index in [0.717, 1.165) is 24.4 Å². The maximum absolute atomic E-state index is 4.58. The number of nitrogens with zero attached hydrogens (tertiary/aromatic N) is 1. The van der Waals surface area contributed by atoms with E-state index in [-0.39, 0.29) is 5.41 Å². The number of hydrogen-bond acceptors (Lipinski definition) is 1. The van der Waals surface area contributed by atoms with Crippen molar-refractivity contribution in [2.45, 2.75) is 39.0 Å². The maximum atomic E-state index is 4.58. The standard InChI is InChI=1S/C11H16N2/c1-11(2,3)10-12-8-6-4-5-7-9(8)13-10/h4,6H,5,7H2,1-3H3,(H,12,13). The molecule has 13 heavy (non-hydrogen) atoms. The van der Waals surface area contributed by atoms with Crippen molar-refractivity contribution in [1.82, 2.24) is 9.97 Å². The second-order valence-electron chi connectivity index (χ2n) is 4.64. The lowest BCUT2D eigenvalue weighted by atomic mass is 9.96. The van der Waals surface area contributed by atoms with Gasteiger partial charge in [-0.25, -0.2) is 4.98 Å². The molecule has 1 aliphatic carbocycles. The fourth-order valence-corrected chi connectivity index (χ4v) is 1.53. The molecule has 1 aromatic heterocycles. The van der Waals surface area contributed by atoms with Crippen LogP contribution < -0.4 is 0 Å². The van der Waals surface area contributed by atoms with Crippen molar-refractivity contribution in [3.8, 4) is 0 Å². The molecule has 70 valence electrons. The minimum atomic E-state index is 0.130. The zero-order valence-corrected chi connectivity index (χ0v) is 8.52. The Labute approximate surface area is 79.1 Å². The molecule has 0 saturated carbocycles. The molecule has 0 radical (unpaired) electrons. The van der Waals surface area contributed by atoms with Crippen LogP contribution in [-0.2, 0) is 11.8 Å². The molecule has 0 aliphatic heterocycles. The quantitative estimate of drug-likeness (QED) is 0.646. The minimum absolute atomic E-state index is 0.130. The number of allylic oxidation sites excluding steroid dienone is 1. The van der Waals surface area contributed by atoms with Gasteiger partial charge in [0, 0.05) is 11.1 Å². The van der Waals surface area contributed by atoms with Crippen LogP contribution in [0.2, 0.25) is 0 Å². The maximum Gasteiger partial charge on any atom is 0.112 e. The van der Waals surface area contributed by atoms with Gasteiger partial charge in [0.05, 0.1) is 5.69 Å². The van der Waals surface area contributed by atoms with Gasteiger partial charge >= 0.3 is 0 Å². The van der Waals surface area contributed by atoms with E-state index in [1.165, 1.54) is 5.69 Å². The van der Waals surface area contributed by atoms with Crippen LogP contribution in [0.4, 0.5) is 0 Å². The third-order valence-electron chi connectivity index (χ3n) is 2.36. The lowest BCUT2D eigenvalue weighted by Crippen LogP contribution is -2.13. The zero-order valence-electron chi connectivity index (χ0n) is 8.52. The number of hydrogen-bond donors (Lipinski definition) is 1. The third kappa shape index (κ3) is 1.53. The van der Waals surface area contributed by atoms with Crippen molar-refractivity contribution in [2.24, 2.45) is 0 Å². The molecule has 1 aromatic rings. The van der Waals surface area contributed by atoms with E-state index in [0.29, 0.717) is 0 Å². The Morgan fingerprint density at radius 3 is 2.77 bits per heavy atom. The summed E-state index contributed by atoms with van der Waals surface area (Å²) in [6.07, 6.45) is 6.55. The fraction of sp³-hybridized carbons (Fsp3) is 0.545. The van der Waals surface area contributed by atoms with Crippen molar-refractivity contribution in [3.63, 3.8) is 0 Å². The summed E-state index contributed by atoms with van der Waals surface area (Å²) in [5.41, 5.74) is 2.56. The molecule has 0 amide bonds. The molecule has 1 N–H and O–H groups in total. The van der Waals surface area contributed by atoms with Gasteiger partial charge in [-0.2, -0.15) is 0 Å². The van der Waals surface area contributed by atoms with Crippen molar-refractivity contribution < 1.29 is 0 Å². The predicted molar refractivity (Wildman–Crippen MR) is 54.6 cm³/mol. The van der Waals surface area contributed by atoms with E-state index >= 15 is 0 Å². The molecule has 1 aliphatic rings. The molecule has 1 heterocycles. The smallest absolute Gasteiger partial charge is 0.112 e. The summed E-state index contributed by atoms with van der Waals surface area (Å²) in [5, 5.41) is 0. The van der Waals surface area contributed by atoms with Gasteiger partial charge in [0.2, 0.25) is 0 Å². The molecule has 2 heteroatoms. The Balaban J connectivity index is 2.42. The van der Waals surface area contributed by atoms with Gasteiger partial charge in [0.15, 0.2) is 0 Å². The lowest BCUT2D eigenvalue weighted by Gasteiger charge is -2.13. The molecule has 0 atom stereocenters. The van der Waals surface area contributed by atoms with Gasteiger partial charge in [0.1, 0.15) is 5.82 Å². The molecule has 0 spiro atoms. The fourth-order valence-electron chi connectivity index (χ4n) is 1.53. The highest BCUT2D eigenvalue weighted by Gasteiger charge is 2.20. The minimum Gasteiger partial charge on any atom is -0.345 e. The highest BCUT2D eigenvalue weighted by atomic mass is 15.0. The number of aromatic amines is 1. The lowest BCUT2D eigenvalue weighted by molar-refractivity contribution is 0.551. The number of imidazole rings is 1. The first-order chi connectivity index (χ1) is 6.07. The first kappa shape index (κ1) is 8.54. The Hall–Kier alpha value is -1.05. The molecular weight excluding hydrogens is 160 g/mol. The van der Waals surface area contributed by atoms with E-state index in [4.69, 9.17) is 0 Å².